The van der Waals surface area contributed by atoms with Gasteiger partial charge in [0.25, 0.3) is 0 Å². The van der Waals surface area contributed by atoms with E-state index >= 15 is 0 Å². The number of alkyl halides is 2. The zero-order valence-electron chi connectivity index (χ0n) is 5.04. The summed E-state index contributed by atoms with van der Waals surface area (Å²) in [5.41, 5.74) is 0. The predicted molar refractivity (Wildman–Crippen MR) is 29.1 cm³/mol. The molecule has 0 heterocycles. The SMILES string of the molecule is CC(Cl)Cl.[H-].[H-].[Mg+2]. The summed E-state index contributed by atoms with van der Waals surface area (Å²) in [6, 6.07) is 0. The van der Waals surface area contributed by atoms with Crippen LogP contribution in [0.5, 0.6) is 0 Å². The molecule has 0 atom stereocenters. The van der Waals surface area contributed by atoms with Crippen LogP contribution in [0, 0.1) is 0 Å². The van der Waals surface area contributed by atoms with Crippen LogP contribution in [0.4, 0.5) is 0 Å². The molecule has 0 spiro atoms. The van der Waals surface area contributed by atoms with Crippen molar-refractivity contribution < 1.29 is 2.85 Å². The molecule has 0 fully saturated rings. The molecule has 0 aromatic rings. The van der Waals surface area contributed by atoms with Gasteiger partial charge in [0.2, 0.25) is 0 Å². The van der Waals surface area contributed by atoms with Crippen molar-refractivity contribution >= 4 is 46.3 Å². The third kappa shape index (κ3) is 33.0. The van der Waals surface area contributed by atoms with Crippen LogP contribution in [-0.2, 0) is 0 Å². The van der Waals surface area contributed by atoms with Crippen LogP contribution in [0.2, 0.25) is 0 Å². The van der Waals surface area contributed by atoms with Crippen LogP contribution in [0.25, 0.3) is 0 Å². The Hall–Kier alpha value is 1.35. The number of hydrogen-bond donors (Lipinski definition) is 0. The first-order chi connectivity index (χ1) is 1.73. The van der Waals surface area contributed by atoms with Gasteiger partial charge >= 0.3 is 23.1 Å². The fraction of sp³-hybridized carbons (Fsp3) is 1.00. The molecule has 0 aliphatic carbocycles. The Labute approximate surface area is 61.0 Å². The van der Waals surface area contributed by atoms with Crippen LogP contribution < -0.4 is 0 Å². The normalized spacial score (nSPS) is 7.20. The van der Waals surface area contributed by atoms with E-state index in [0.29, 0.717) is 0 Å². The molecule has 0 aliphatic heterocycles. The molecule has 0 N–H and O–H groups in total. The van der Waals surface area contributed by atoms with Crippen molar-refractivity contribution in [3.05, 3.63) is 0 Å². The summed E-state index contributed by atoms with van der Waals surface area (Å²) >= 11 is 10.1. The molecule has 3 heteroatoms. The molecule has 0 aliphatic rings. The van der Waals surface area contributed by atoms with E-state index < -0.39 is 0 Å². The van der Waals surface area contributed by atoms with Crippen molar-refractivity contribution in [2.45, 2.75) is 11.8 Å². The molecule has 0 saturated carbocycles. The van der Waals surface area contributed by atoms with Crippen LogP contribution in [0.15, 0.2) is 0 Å². The van der Waals surface area contributed by atoms with Gasteiger partial charge in [-0.1, -0.05) is 0 Å². The second-order valence-electron chi connectivity index (χ2n) is 0.519. The van der Waals surface area contributed by atoms with Gasteiger partial charge in [-0.15, -0.1) is 23.2 Å². The van der Waals surface area contributed by atoms with Gasteiger partial charge in [-0.2, -0.15) is 0 Å². The van der Waals surface area contributed by atoms with Gasteiger partial charge in [-0.3, -0.25) is 0 Å². The number of halogens is 2. The largest absolute Gasteiger partial charge is 2.00 e. The van der Waals surface area contributed by atoms with Crippen molar-refractivity contribution in [2.75, 3.05) is 0 Å². The summed E-state index contributed by atoms with van der Waals surface area (Å²) in [6.07, 6.45) is 0. The third-order valence-corrected chi connectivity index (χ3v) is 0. The summed E-state index contributed by atoms with van der Waals surface area (Å²) in [5.74, 6) is 0. The summed E-state index contributed by atoms with van der Waals surface area (Å²) in [5, 5.41) is 0. The molecule has 30 valence electrons. The quantitative estimate of drug-likeness (QED) is 0.341. The molecular weight excluding hydrogens is 119 g/mol. The first-order valence-electron chi connectivity index (χ1n) is 1.01. The summed E-state index contributed by atoms with van der Waals surface area (Å²) in [4.78, 5) is -0.222. The minimum absolute atomic E-state index is 0. The van der Waals surface area contributed by atoms with Crippen molar-refractivity contribution in [1.82, 2.24) is 0 Å². The van der Waals surface area contributed by atoms with Gasteiger partial charge < -0.3 is 2.85 Å². The average molecular weight is 125 g/mol. The molecule has 5 heavy (non-hydrogen) atoms. The topological polar surface area (TPSA) is 0 Å². The van der Waals surface area contributed by atoms with Crippen molar-refractivity contribution in [1.29, 1.82) is 0 Å². The van der Waals surface area contributed by atoms with E-state index in [1.807, 2.05) is 0 Å². The van der Waals surface area contributed by atoms with E-state index in [9.17, 15) is 0 Å². The Morgan fingerprint density at radius 3 is 1.60 bits per heavy atom. The number of hydrogen-bond acceptors (Lipinski definition) is 0. The van der Waals surface area contributed by atoms with E-state index in [0.717, 1.165) is 0 Å². The molecule has 0 aromatic carbocycles. The van der Waals surface area contributed by atoms with Gasteiger partial charge in [-0.05, 0) is 6.92 Å². The van der Waals surface area contributed by atoms with Crippen LogP contribution >= 0.6 is 23.2 Å². The average Bonchev–Trinajstić information content (AvgIpc) is 0.811. The molecular formula is C2H6Cl2Mg. The molecule has 0 radical (unpaired) electrons. The van der Waals surface area contributed by atoms with E-state index in [1.54, 1.807) is 6.92 Å². The fourth-order valence-corrected chi connectivity index (χ4v) is 0. The molecule has 0 amide bonds. The standard InChI is InChI=1S/C2H4Cl2.Mg.2H/c1-2(3)4;;;/h2H,1H3;;;/q;+2;2*-1. The maximum absolute atomic E-state index is 5.04. The van der Waals surface area contributed by atoms with Crippen molar-refractivity contribution in [2.24, 2.45) is 0 Å². The van der Waals surface area contributed by atoms with E-state index in [4.69, 9.17) is 23.2 Å². The monoisotopic (exact) mass is 124 g/mol. The summed E-state index contributed by atoms with van der Waals surface area (Å²) in [6.45, 7) is 1.70. The Balaban J connectivity index is -0.0000000150. The molecule has 0 saturated heterocycles. The molecule has 0 nitrogen and oxygen atoms in total. The Morgan fingerprint density at radius 2 is 1.60 bits per heavy atom. The third-order valence-electron chi connectivity index (χ3n) is 0. The minimum atomic E-state index is -0.222. The fourth-order valence-electron chi connectivity index (χ4n) is 0. The van der Waals surface area contributed by atoms with Gasteiger partial charge in [0, 0.05) is 0 Å². The summed E-state index contributed by atoms with van der Waals surface area (Å²) in [7, 11) is 0. The van der Waals surface area contributed by atoms with E-state index in [2.05, 4.69) is 0 Å². The Kier molecular flexibility index (Phi) is 10.3. The predicted octanol–water partition coefficient (Wildman–Crippen LogP) is 1.65. The Bertz CT molecular complexity index is 18.4. The first kappa shape index (κ1) is 9.60. The molecule has 0 aromatic heterocycles. The molecule has 0 unspecified atom stereocenters. The second kappa shape index (κ2) is 5.35. The minimum Gasteiger partial charge on any atom is -1.00 e. The van der Waals surface area contributed by atoms with Gasteiger partial charge in [0.05, 0.1) is 0 Å². The molecule has 0 bridgehead atoms. The zero-order chi connectivity index (χ0) is 3.58. The van der Waals surface area contributed by atoms with Crippen molar-refractivity contribution in [3.63, 3.8) is 0 Å². The maximum atomic E-state index is 5.04. The van der Waals surface area contributed by atoms with Crippen LogP contribution in [0.1, 0.15) is 9.78 Å². The number of rotatable bonds is 0. The second-order valence-corrected chi connectivity index (χ2v) is 2.05. The van der Waals surface area contributed by atoms with Gasteiger partial charge in [0.1, 0.15) is 4.84 Å². The van der Waals surface area contributed by atoms with E-state index in [1.165, 1.54) is 0 Å². The van der Waals surface area contributed by atoms with E-state index in [-0.39, 0.29) is 30.7 Å². The Morgan fingerprint density at radius 1 is 1.60 bits per heavy atom. The van der Waals surface area contributed by atoms with Crippen molar-refractivity contribution in [3.8, 4) is 0 Å². The smallest absolute Gasteiger partial charge is 1.00 e. The maximum Gasteiger partial charge on any atom is 2.00 e. The summed E-state index contributed by atoms with van der Waals surface area (Å²) < 4.78 is 0. The zero-order valence-corrected chi connectivity index (χ0v) is 5.97. The van der Waals surface area contributed by atoms with Gasteiger partial charge in [0.15, 0.2) is 0 Å². The molecule has 0 rings (SSSR count). The van der Waals surface area contributed by atoms with Crippen LogP contribution in [0.3, 0.4) is 0 Å². The first-order valence-corrected chi connectivity index (χ1v) is 1.89. The van der Waals surface area contributed by atoms with Gasteiger partial charge in [-0.25, -0.2) is 0 Å². The van der Waals surface area contributed by atoms with Crippen LogP contribution in [-0.4, -0.2) is 27.9 Å².